The topological polar surface area (TPSA) is 38.5 Å². The van der Waals surface area contributed by atoms with Crippen molar-refractivity contribution >= 4 is 17.2 Å². The van der Waals surface area contributed by atoms with Gasteiger partial charge >= 0.3 is 0 Å². The Kier molecular flexibility index (Phi) is 7.55. The van der Waals surface area contributed by atoms with Crippen LogP contribution in [0.4, 0.5) is 0 Å². The summed E-state index contributed by atoms with van der Waals surface area (Å²) in [5, 5.41) is 0. The van der Waals surface area contributed by atoms with Crippen molar-refractivity contribution in [3.63, 3.8) is 0 Å². The lowest BCUT2D eigenvalue weighted by atomic mass is 10.2. The highest BCUT2D eigenvalue weighted by Crippen LogP contribution is 2.17. The molecule has 4 heteroatoms. The highest BCUT2D eigenvalue weighted by atomic mass is 32.1. The molecule has 0 aliphatic rings. The fourth-order valence-electron chi connectivity index (χ4n) is 2.16. The summed E-state index contributed by atoms with van der Waals surface area (Å²) in [6.45, 7) is 10.7. The van der Waals surface area contributed by atoms with Crippen molar-refractivity contribution in [2.24, 2.45) is 11.7 Å². The molecule has 2 N–H and O–H groups in total. The van der Waals surface area contributed by atoms with E-state index in [0.717, 1.165) is 37.4 Å². The molecular formula is C16H26N2OS. The first-order valence-corrected chi connectivity index (χ1v) is 7.69. The first-order chi connectivity index (χ1) is 9.54. The SMILES string of the molecule is CCN(CCCOc1ccccc1C(N)=S)CC(C)C. The van der Waals surface area contributed by atoms with Crippen LogP contribution in [0.3, 0.4) is 0 Å². The zero-order valence-electron chi connectivity index (χ0n) is 12.8. The molecule has 3 nitrogen and oxygen atoms in total. The zero-order valence-corrected chi connectivity index (χ0v) is 13.6. The second-order valence-corrected chi connectivity index (χ2v) is 5.79. The van der Waals surface area contributed by atoms with E-state index < -0.39 is 0 Å². The molecule has 0 heterocycles. The second-order valence-electron chi connectivity index (χ2n) is 5.35. The van der Waals surface area contributed by atoms with E-state index >= 15 is 0 Å². The van der Waals surface area contributed by atoms with Crippen LogP contribution in [0, 0.1) is 5.92 Å². The van der Waals surface area contributed by atoms with Crippen molar-refractivity contribution < 1.29 is 4.74 Å². The van der Waals surface area contributed by atoms with Gasteiger partial charge in [0.15, 0.2) is 0 Å². The lowest BCUT2D eigenvalue weighted by molar-refractivity contribution is 0.224. The van der Waals surface area contributed by atoms with E-state index in [1.165, 1.54) is 0 Å². The highest BCUT2D eigenvalue weighted by molar-refractivity contribution is 7.80. The Bertz CT molecular complexity index is 421. The van der Waals surface area contributed by atoms with Crippen LogP contribution in [0.25, 0.3) is 0 Å². The number of hydrogen-bond acceptors (Lipinski definition) is 3. The van der Waals surface area contributed by atoms with Crippen LogP contribution in [-0.2, 0) is 0 Å². The van der Waals surface area contributed by atoms with Gasteiger partial charge in [-0.1, -0.05) is 45.1 Å². The Morgan fingerprint density at radius 3 is 2.65 bits per heavy atom. The molecular weight excluding hydrogens is 268 g/mol. The Hall–Kier alpha value is -1.13. The van der Waals surface area contributed by atoms with Gasteiger partial charge in [-0.25, -0.2) is 0 Å². The second kappa shape index (κ2) is 8.93. The number of thiocarbonyl (C=S) groups is 1. The Labute approximate surface area is 128 Å². The van der Waals surface area contributed by atoms with E-state index in [0.29, 0.717) is 17.5 Å². The predicted molar refractivity (Wildman–Crippen MR) is 89.4 cm³/mol. The summed E-state index contributed by atoms with van der Waals surface area (Å²) in [7, 11) is 0. The first kappa shape index (κ1) is 16.9. The summed E-state index contributed by atoms with van der Waals surface area (Å²) < 4.78 is 5.80. The molecule has 0 fully saturated rings. The van der Waals surface area contributed by atoms with Gasteiger partial charge in [0.1, 0.15) is 10.7 Å². The number of nitrogens with zero attached hydrogens (tertiary/aromatic N) is 1. The van der Waals surface area contributed by atoms with E-state index in [1.807, 2.05) is 24.3 Å². The standard InChI is InChI=1S/C16H26N2OS/c1-4-18(12-13(2)3)10-7-11-19-15-9-6-5-8-14(15)16(17)20/h5-6,8-9,13H,4,7,10-12H2,1-3H3,(H2,17,20). The van der Waals surface area contributed by atoms with Gasteiger partial charge in [-0.3, -0.25) is 0 Å². The number of nitrogens with two attached hydrogens (primary N) is 1. The molecule has 0 saturated heterocycles. The molecule has 1 aromatic rings. The molecule has 1 rings (SSSR count). The molecule has 112 valence electrons. The summed E-state index contributed by atoms with van der Waals surface area (Å²) in [4.78, 5) is 2.84. The molecule has 0 bridgehead atoms. The van der Waals surface area contributed by atoms with E-state index in [-0.39, 0.29) is 0 Å². The quantitative estimate of drug-likeness (QED) is 0.561. The fourth-order valence-corrected chi connectivity index (χ4v) is 2.33. The van der Waals surface area contributed by atoms with Crippen LogP contribution in [0.5, 0.6) is 5.75 Å². The van der Waals surface area contributed by atoms with Gasteiger partial charge < -0.3 is 15.4 Å². The number of benzene rings is 1. The summed E-state index contributed by atoms with van der Waals surface area (Å²) in [5.74, 6) is 1.48. The van der Waals surface area contributed by atoms with Crippen LogP contribution in [0.15, 0.2) is 24.3 Å². The maximum atomic E-state index is 5.80. The molecule has 0 aliphatic carbocycles. The maximum absolute atomic E-state index is 5.80. The van der Waals surface area contributed by atoms with Crippen molar-refractivity contribution in [2.75, 3.05) is 26.2 Å². The van der Waals surface area contributed by atoms with Crippen LogP contribution in [-0.4, -0.2) is 36.1 Å². The van der Waals surface area contributed by atoms with Crippen molar-refractivity contribution in [1.29, 1.82) is 0 Å². The minimum atomic E-state index is 0.385. The maximum Gasteiger partial charge on any atom is 0.129 e. The van der Waals surface area contributed by atoms with Crippen molar-refractivity contribution in [1.82, 2.24) is 4.90 Å². The van der Waals surface area contributed by atoms with Crippen molar-refractivity contribution in [2.45, 2.75) is 27.2 Å². The third-order valence-electron chi connectivity index (χ3n) is 3.10. The van der Waals surface area contributed by atoms with E-state index in [1.54, 1.807) is 0 Å². The Morgan fingerprint density at radius 2 is 2.05 bits per heavy atom. The summed E-state index contributed by atoms with van der Waals surface area (Å²) >= 11 is 5.03. The number of ether oxygens (including phenoxy) is 1. The largest absolute Gasteiger partial charge is 0.493 e. The molecule has 0 unspecified atom stereocenters. The van der Waals surface area contributed by atoms with Gasteiger partial charge in [-0.15, -0.1) is 0 Å². The minimum Gasteiger partial charge on any atom is -0.493 e. The van der Waals surface area contributed by atoms with Crippen LogP contribution in [0.1, 0.15) is 32.8 Å². The predicted octanol–water partition coefficient (Wildman–Crippen LogP) is 3.07. The molecule has 0 atom stereocenters. The zero-order chi connectivity index (χ0) is 15.0. The van der Waals surface area contributed by atoms with E-state index in [4.69, 9.17) is 22.7 Å². The molecule has 0 spiro atoms. The molecule has 0 radical (unpaired) electrons. The van der Waals surface area contributed by atoms with Crippen molar-refractivity contribution in [3.05, 3.63) is 29.8 Å². The Balaban J connectivity index is 2.39. The number of para-hydroxylation sites is 1. The summed E-state index contributed by atoms with van der Waals surface area (Å²) in [5.41, 5.74) is 6.50. The lowest BCUT2D eigenvalue weighted by Gasteiger charge is -2.22. The number of hydrogen-bond donors (Lipinski definition) is 1. The summed E-state index contributed by atoms with van der Waals surface area (Å²) in [6.07, 6.45) is 1.01. The van der Waals surface area contributed by atoms with Gasteiger partial charge in [-0.05, 0) is 31.0 Å². The van der Waals surface area contributed by atoms with Crippen LogP contribution in [0.2, 0.25) is 0 Å². The van der Waals surface area contributed by atoms with Gasteiger partial charge in [0, 0.05) is 13.1 Å². The molecule has 0 aromatic heterocycles. The first-order valence-electron chi connectivity index (χ1n) is 7.28. The molecule has 0 saturated carbocycles. The van der Waals surface area contributed by atoms with Crippen LogP contribution >= 0.6 is 12.2 Å². The van der Waals surface area contributed by atoms with E-state index in [9.17, 15) is 0 Å². The summed E-state index contributed by atoms with van der Waals surface area (Å²) in [6, 6.07) is 7.67. The average molecular weight is 294 g/mol. The fraction of sp³-hybridized carbons (Fsp3) is 0.562. The molecule has 1 aromatic carbocycles. The molecule has 20 heavy (non-hydrogen) atoms. The molecule has 0 aliphatic heterocycles. The lowest BCUT2D eigenvalue weighted by Crippen LogP contribution is -2.29. The average Bonchev–Trinajstić information content (AvgIpc) is 2.42. The smallest absolute Gasteiger partial charge is 0.129 e. The minimum absolute atomic E-state index is 0.385. The van der Waals surface area contributed by atoms with Gasteiger partial charge in [0.2, 0.25) is 0 Å². The third-order valence-corrected chi connectivity index (χ3v) is 3.32. The molecule has 0 amide bonds. The van der Waals surface area contributed by atoms with E-state index in [2.05, 4.69) is 25.7 Å². The normalized spacial score (nSPS) is 11.1. The monoisotopic (exact) mass is 294 g/mol. The van der Waals surface area contributed by atoms with Crippen LogP contribution < -0.4 is 10.5 Å². The Morgan fingerprint density at radius 1 is 1.35 bits per heavy atom. The van der Waals surface area contributed by atoms with Gasteiger partial charge in [0.05, 0.1) is 12.2 Å². The highest BCUT2D eigenvalue weighted by Gasteiger charge is 2.07. The van der Waals surface area contributed by atoms with Gasteiger partial charge in [-0.2, -0.15) is 0 Å². The van der Waals surface area contributed by atoms with Gasteiger partial charge in [0.25, 0.3) is 0 Å². The number of rotatable bonds is 9. The van der Waals surface area contributed by atoms with Crippen molar-refractivity contribution in [3.8, 4) is 5.75 Å². The third kappa shape index (κ3) is 5.88.